The van der Waals surface area contributed by atoms with Crippen LogP contribution in [0.5, 0.6) is 0 Å². The summed E-state index contributed by atoms with van der Waals surface area (Å²) in [5.74, 6) is 1.06. The van der Waals surface area contributed by atoms with Gasteiger partial charge >= 0.3 is 0 Å². The minimum absolute atomic E-state index is 0.387. The molecule has 92 valence electrons. The number of nitrogens with one attached hydrogen (secondary N) is 1. The Balaban J connectivity index is 2.02. The molecule has 0 bridgehead atoms. The van der Waals surface area contributed by atoms with Gasteiger partial charge in [-0.2, -0.15) is 0 Å². The number of anilines is 1. The lowest BCUT2D eigenvalue weighted by Crippen LogP contribution is -1.80. The summed E-state index contributed by atoms with van der Waals surface area (Å²) >= 11 is 0. The van der Waals surface area contributed by atoms with Crippen LogP contribution >= 0.6 is 0 Å². The molecule has 19 heavy (non-hydrogen) atoms. The van der Waals surface area contributed by atoms with Crippen molar-refractivity contribution in [3.05, 3.63) is 42.7 Å². The summed E-state index contributed by atoms with van der Waals surface area (Å²) < 4.78 is 5.19. The third-order valence-electron chi connectivity index (χ3n) is 3.21. The van der Waals surface area contributed by atoms with Crippen LogP contribution in [0.25, 0.3) is 33.1 Å². The zero-order valence-electron chi connectivity index (χ0n) is 9.92. The Bertz CT molecular complexity index is 891. The van der Waals surface area contributed by atoms with E-state index in [4.69, 9.17) is 10.3 Å². The monoisotopic (exact) mass is 250 g/mol. The van der Waals surface area contributed by atoms with Gasteiger partial charge in [0.15, 0.2) is 11.6 Å². The van der Waals surface area contributed by atoms with E-state index in [-0.39, 0.29) is 0 Å². The first kappa shape index (κ1) is 10.1. The van der Waals surface area contributed by atoms with E-state index in [1.807, 2.05) is 24.4 Å². The molecule has 0 radical (unpaired) electrons. The van der Waals surface area contributed by atoms with Gasteiger partial charge < -0.3 is 15.2 Å². The molecule has 0 aliphatic carbocycles. The second kappa shape index (κ2) is 3.58. The molecule has 5 nitrogen and oxygen atoms in total. The van der Waals surface area contributed by atoms with Gasteiger partial charge in [0.2, 0.25) is 0 Å². The number of fused-ring (bicyclic) bond motifs is 3. The summed E-state index contributed by atoms with van der Waals surface area (Å²) in [6.45, 7) is 0. The number of hydrogen-bond acceptors (Lipinski definition) is 4. The molecule has 0 fully saturated rings. The highest BCUT2D eigenvalue weighted by molar-refractivity contribution is 6.08. The van der Waals surface area contributed by atoms with Gasteiger partial charge in [-0.15, -0.1) is 0 Å². The minimum atomic E-state index is 0.387. The molecule has 0 spiro atoms. The van der Waals surface area contributed by atoms with Crippen molar-refractivity contribution in [3.63, 3.8) is 0 Å². The summed E-state index contributed by atoms with van der Waals surface area (Å²) in [5, 5.41) is 5.98. The van der Waals surface area contributed by atoms with Crippen LogP contribution in [-0.2, 0) is 0 Å². The molecule has 3 aromatic heterocycles. The van der Waals surface area contributed by atoms with Gasteiger partial charge in [-0.1, -0.05) is 5.16 Å². The van der Waals surface area contributed by atoms with Crippen molar-refractivity contribution in [2.45, 2.75) is 0 Å². The molecule has 4 aromatic rings. The maximum absolute atomic E-state index is 5.58. The smallest absolute Gasteiger partial charge is 0.169 e. The Kier molecular flexibility index (Phi) is 1.91. The first-order valence-corrected chi connectivity index (χ1v) is 5.89. The summed E-state index contributed by atoms with van der Waals surface area (Å²) in [7, 11) is 0. The molecule has 0 unspecified atom stereocenters. The molecule has 3 N–H and O–H groups in total. The number of benzene rings is 1. The van der Waals surface area contributed by atoms with Gasteiger partial charge in [0.1, 0.15) is 0 Å². The van der Waals surface area contributed by atoms with Crippen molar-refractivity contribution in [1.82, 2.24) is 15.1 Å². The topological polar surface area (TPSA) is 80.7 Å². The van der Waals surface area contributed by atoms with Crippen LogP contribution in [0.4, 0.5) is 5.82 Å². The van der Waals surface area contributed by atoms with Crippen molar-refractivity contribution in [2.24, 2.45) is 0 Å². The molecule has 3 heterocycles. The Labute approximate surface area is 108 Å². The molecule has 0 saturated heterocycles. The Morgan fingerprint density at radius 1 is 1.05 bits per heavy atom. The molecule has 0 aliphatic heterocycles. The second-order valence-electron chi connectivity index (χ2n) is 4.42. The predicted octanol–water partition coefficient (Wildman–Crippen LogP) is 2.95. The number of aromatic amines is 1. The fraction of sp³-hybridized carbons (Fsp3) is 0. The molecular weight excluding hydrogens is 240 g/mol. The third-order valence-corrected chi connectivity index (χ3v) is 3.21. The van der Waals surface area contributed by atoms with Crippen LogP contribution in [-0.4, -0.2) is 15.1 Å². The normalized spacial score (nSPS) is 11.4. The fourth-order valence-corrected chi connectivity index (χ4v) is 2.33. The zero-order chi connectivity index (χ0) is 12.8. The van der Waals surface area contributed by atoms with E-state index in [1.165, 1.54) is 0 Å². The summed E-state index contributed by atoms with van der Waals surface area (Å²) in [5.41, 5.74) is 8.62. The summed E-state index contributed by atoms with van der Waals surface area (Å²) in [6.07, 6.45) is 3.61. The minimum Gasteiger partial charge on any atom is -0.381 e. The van der Waals surface area contributed by atoms with Gasteiger partial charge in [0.05, 0.1) is 11.7 Å². The summed E-state index contributed by atoms with van der Waals surface area (Å²) in [4.78, 5) is 7.44. The van der Waals surface area contributed by atoms with Crippen LogP contribution in [0.15, 0.2) is 47.2 Å². The molecule has 4 rings (SSSR count). The van der Waals surface area contributed by atoms with E-state index in [0.717, 1.165) is 27.4 Å². The molecule has 0 atom stereocenters. The number of hydrogen-bond donors (Lipinski definition) is 2. The van der Waals surface area contributed by atoms with Crippen molar-refractivity contribution in [1.29, 1.82) is 0 Å². The number of rotatable bonds is 1. The maximum Gasteiger partial charge on any atom is 0.169 e. The fourth-order valence-electron chi connectivity index (χ4n) is 2.33. The van der Waals surface area contributed by atoms with Crippen LogP contribution < -0.4 is 5.73 Å². The number of pyridine rings is 1. The molecular formula is C14H10N4O. The maximum atomic E-state index is 5.58. The van der Waals surface area contributed by atoms with Crippen molar-refractivity contribution >= 4 is 27.6 Å². The number of nitrogens with two attached hydrogens (primary N) is 1. The third kappa shape index (κ3) is 1.48. The van der Waals surface area contributed by atoms with Crippen LogP contribution in [0.3, 0.4) is 0 Å². The lowest BCUT2D eigenvalue weighted by molar-refractivity contribution is 0.436. The molecule has 0 saturated carbocycles. The van der Waals surface area contributed by atoms with E-state index in [1.54, 1.807) is 12.3 Å². The Morgan fingerprint density at radius 3 is 2.84 bits per heavy atom. The highest BCUT2D eigenvalue weighted by atomic mass is 16.5. The Morgan fingerprint density at radius 2 is 2.00 bits per heavy atom. The lowest BCUT2D eigenvalue weighted by Gasteiger charge is -1.96. The van der Waals surface area contributed by atoms with Crippen LogP contribution in [0, 0.1) is 0 Å². The van der Waals surface area contributed by atoms with Gasteiger partial charge in [0, 0.05) is 34.1 Å². The largest absolute Gasteiger partial charge is 0.381 e. The molecule has 5 heteroatoms. The highest BCUT2D eigenvalue weighted by Crippen LogP contribution is 2.30. The quantitative estimate of drug-likeness (QED) is 0.544. The number of nitrogen functional groups attached to an aromatic ring is 1. The van der Waals surface area contributed by atoms with E-state index in [2.05, 4.69) is 21.2 Å². The van der Waals surface area contributed by atoms with Crippen molar-refractivity contribution in [2.75, 3.05) is 5.73 Å². The SMILES string of the molecule is Nc1cc(-c2ccc3[nH]c4cnccc4c3c2)on1. The number of nitrogens with zero attached hydrogens (tertiary/aromatic N) is 2. The second-order valence-corrected chi connectivity index (χ2v) is 4.42. The standard InChI is InChI=1S/C14H10N4O/c15-14-6-13(19-18-14)8-1-2-11-10(5-8)9-3-4-16-7-12(9)17-11/h1-7,17H,(H2,15,18). The summed E-state index contributed by atoms with van der Waals surface area (Å²) in [6, 6.07) is 9.77. The predicted molar refractivity (Wildman–Crippen MR) is 73.5 cm³/mol. The zero-order valence-corrected chi connectivity index (χ0v) is 9.92. The van der Waals surface area contributed by atoms with E-state index >= 15 is 0 Å². The van der Waals surface area contributed by atoms with E-state index in [9.17, 15) is 0 Å². The van der Waals surface area contributed by atoms with Gasteiger partial charge in [-0.25, -0.2) is 0 Å². The molecule has 0 aliphatic rings. The van der Waals surface area contributed by atoms with Crippen molar-refractivity contribution < 1.29 is 4.52 Å². The van der Waals surface area contributed by atoms with E-state index in [0.29, 0.717) is 11.6 Å². The number of aromatic nitrogens is 3. The van der Waals surface area contributed by atoms with Crippen LogP contribution in [0.1, 0.15) is 0 Å². The first-order chi connectivity index (χ1) is 9.31. The molecule has 0 amide bonds. The lowest BCUT2D eigenvalue weighted by atomic mass is 10.1. The van der Waals surface area contributed by atoms with Gasteiger partial charge in [-0.05, 0) is 24.3 Å². The van der Waals surface area contributed by atoms with Crippen molar-refractivity contribution in [3.8, 4) is 11.3 Å². The molecule has 1 aromatic carbocycles. The van der Waals surface area contributed by atoms with Gasteiger partial charge in [0.25, 0.3) is 0 Å². The number of H-pyrrole nitrogens is 1. The average molecular weight is 250 g/mol. The van der Waals surface area contributed by atoms with Gasteiger partial charge in [-0.3, -0.25) is 4.98 Å². The average Bonchev–Trinajstić information content (AvgIpc) is 3.01. The Hall–Kier alpha value is -2.82. The van der Waals surface area contributed by atoms with Crippen LogP contribution in [0.2, 0.25) is 0 Å². The highest BCUT2D eigenvalue weighted by Gasteiger charge is 2.09. The van der Waals surface area contributed by atoms with E-state index < -0.39 is 0 Å². The first-order valence-electron chi connectivity index (χ1n) is 5.89.